The Labute approximate surface area is 239 Å². The van der Waals surface area contributed by atoms with Crippen molar-refractivity contribution in [3.05, 3.63) is 113 Å². The quantitative estimate of drug-likeness (QED) is 0.224. The summed E-state index contributed by atoms with van der Waals surface area (Å²) in [6.07, 6.45) is 1.94. The highest BCUT2D eigenvalue weighted by atomic mass is 19.1. The molecule has 8 heteroatoms. The van der Waals surface area contributed by atoms with Crippen molar-refractivity contribution in [3.63, 3.8) is 0 Å². The van der Waals surface area contributed by atoms with Crippen LogP contribution in [0.2, 0.25) is 0 Å². The van der Waals surface area contributed by atoms with Crippen LogP contribution in [0.25, 0.3) is 11.3 Å². The van der Waals surface area contributed by atoms with Crippen molar-refractivity contribution in [2.24, 2.45) is 11.1 Å². The fourth-order valence-electron chi connectivity index (χ4n) is 4.96. The molecule has 0 bridgehead atoms. The minimum absolute atomic E-state index is 0.0292. The summed E-state index contributed by atoms with van der Waals surface area (Å²) in [7, 11) is 0. The number of amides is 1. The van der Waals surface area contributed by atoms with Gasteiger partial charge in [-0.15, -0.1) is 0 Å². The van der Waals surface area contributed by atoms with E-state index in [1.807, 2.05) is 74.7 Å². The number of imidazole rings is 1. The van der Waals surface area contributed by atoms with E-state index in [9.17, 15) is 18.0 Å². The van der Waals surface area contributed by atoms with E-state index in [0.29, 0.717) is 17.9 Å². The number of rotatable bonds is 10. The molecule has 5 nitrogen and oxygen atoms in total. The summed E-state index contributed by atoms with van der Waals surface area (Å²) in [6.45, 7) is 7.78. The lowest BCUT2D eigenvalue weighted by atomic mass is 9.84. The first-order chi connectivity index (χ1) is 19.5. The first kappa shape index (κ1) is 30.1. The molecule has 0 aliphatic heterocycles. The van der Waals surface area contributed by atoms with Gasteiger partial charge in [-0.3, -0.25) is 4.79 Å². The molecule has 1 amide bonds. The lowest BCUT2D eigenvalue weighted by Gasteiger charge is -2.40. The molecular weight excluding hydrogens is 525 g/mol. The van der Waals surface area contributed by atoms with E-state index in [1.54, 1.807) is 23.2 Å². The normalized spacial score (nSPS) is 13.2. The number of aryl methyl sites for hydroxylation is 1. The Morgan fingerprint density at radius 2 is 1.71 bits per heavy atom. The molecule has 216 valence electrons. The molecule has 0 radical (unpaired) electrons. The first-order valence-corrected chi connectivity index (χ1v) is 13.7. The first-order valence-electron chi connectivity index (χ1n) is 13.7. The Morgan fingerprint density at radius 1 is 1.02 bits per heavy atom. The lowest BCUT2D eigenvalue weighted by Crippen LogP contribution is -2.44. The van der Waals surface area contributed by atoms with Crippen molar-refractivity contribution in [2.75, 3.05) is 13.2 Å². The summed E-state index contributed by atoms with van der Waals surface area (Å²) < 4.78 is 44.4. The largest absolute Gasteiger partial charge is 0.328 e. The SMILES string of the molecule is Cc1ccc(C(=O)N(CC[C@H](N)CF)[C@@H](c2nc(-c3cc(F)ccc3F)cn2Cc2ccccc2)C(C)(C)C)cc1. The smallest absolute Gasteiger partial charge is 0.254 e. The molecule has 0 spiro atoms. The van der Waals surface area contributed by atoms with E-state index in [1.165, 1.54) is 0 Å². The van der Waals surface area contributed by atoms with Crippen LogP contribution in [-0.4, -0.2) is 39.6 Å². The third-order valence-electron chi connectivity index (χ3n) is 7.08. The van der Waals surface area contributed by atoms with E-state index >= 15 is 0 Å². The van der Waals surface area contributed by atoms with Crippen molar-refractivity contribution in [1.82, 2.24) is 14.5 Å². The van der Waals surface area contributed by atoms with Crippen LogP contribution in [-0.2, 0) is 6.54 Å². The van der Waals surface area contributed by atoms with Crippen LogP contribution in [0.15, 0.2) is 79.0 Å². The van der Waals surface area contributed by atoms with Gasteiger partial charge in [0.2, 0.25) is 0 Å². The van der Waals surface area contributed by atoms with Crippen LogP contribution < -0.4 is 5.73 Å². The maximum absolute atomic E-state index is 14.9. The van der Waals surface area contributed by atoms with E-state index in [-0.39, 0.29) is 30.1 Å². The summed E-state index contributed by atoms with van der Waals surface area (Å²) in [5.41, 5.74) is 8.16. The molecule has 0 saturated heterocycles. The van der Waals surface area contributed by atoms with Crippen LogP contribution >= 0.6 is 0 Å². The van der Waals surface area contributed by atoms with Gasteiger partial charge < -0.3 is 15.2 Å². The number of carbonyl (C=O) groups excluding carboxylic acids is 1. The molecule has 0 aliphatic carbocycles. The molecule has 1 aromatic heterocycles. The number of halogens is 3. The number of nitrogens with zero attached hydrogens (tertiary/aromatic N) is 3. The van der Waals surface area contributed by atoms with E-state index in [2.05, 4.69) is 0 Å². The van der Waals surface area contributed by atoms with Crippen molar-refractivity contribution < 1.29 is 18.0 Å². The van der Waals surface area contributed by atoms with Gasteiger partial charge in [0.1, 0.15) is 24.1 Å². The molecule has 0 saturated carbocycles. The third kappa shape index (κ3) is 7.24. The molecule has 0 aliphatic rings. The van der Waals surface area contributed by atoms with Gasteiger partial charge in [0, 0.05) is 36.5 Å². The maximum atomic E-state index is 14.9. The third-order valence-corrected chi connectivity index (χ3v) is 7.08. The Kier molecular flexibility index (Phi) is 9.33. The maximum Gasteiger partial charge on any atom is 0.254 e. The number of carbonyl (C=O) groups is 1. The molecule has 4 aromatic rings. The number of aromatic nitrogens is 2. The predicted molar refractivity (Wildman–Crippen MR) is 156 cm³/mol. The minimum atomic E-state index is -0.732. The fourth-order valence-corrected chi connectivity index (χ4v) is 4.96. The Balaban J connectivity index is 1.90. The Hall–Kier alpha value is -3.91. The van der Waals surface area contributed by atoms with Crippen LogP contribution in [0.3, 0.4) is 0 Å². The van der Waals surface area contributed by atoms with Gasteiger partial charge in [-0.25, -0.2) is 18.2 Å². The van der Waals surface area contributed by atoms with Crippen LogP contribution in [0, 0.1) is 24.0 Å². The van der Waals surface area contributed by atoms with Crippen molar-refractivity contribution in [3.8, 4) is 11.3 Å². The molecule has 0 unspecified atom stereocenters. The van der Waals surface area contributed by atoms with Crippen molar-refractivity contribution in [1.29, 1.82) is 0 Å². The summed E-state index contributed by atoms with van der Waals surface area (Å²) >= 11 is 0. The molecule has 3 aromatic carbocycles. The van der Waals surface area contributed by atoms with Gasteiger partial charge in [0.25, 0.3) is 5.91 Å². The molecule has 41 heavy (non-hydrogen) atoms. The Morgan fingerprint density at radius 3 is 2.34 bits per heavy atom. The van der Waals surface area contributed by atoms with Gasteiger partial charge in [-0.05, 0) is 54.7 Å². The van der Waals surface area contributed by atoms with Gasteiger partial charge in [-0.1, -0.05) is 68.8 Å². The Bertz CT molecular complexity index is 1460. The average molecular weight is 563 g/mol. The fraction of sp³-hybridized carbons (Fsp3) is 0.333. The van der Waals surface area contributed by atoms with E-state index in [0.717, 1.165) is 29.3 Å². The predicted octanol–water partition coefficient (Wildman–Crippen LogP) is 7.10. The molecule has 2 atom stereocenters. The monoisotopic (exact) mass is 562 g/mol. The van der Waals surface area contributed by atoms with E-state index < -0.39 is 35.8 Å². The summed E-state index contributed by atoms with van der Waals surface area (Å²) in [4.78, 5) is 20.7. The second-order valence-corrected chi connectivity index (χ2v) is 11.6. The van der Waals surface area contributed by atoms with Gasteiger partial charge in [0.15, 0.2) is 0 Å². The second kappa shape index (κ2) is 12.7. The highest BCUT2D eigenvalue weighted by Crippen LogP contribution is 2.40. The van der Waals surface area contributed by atoms with Crippen molar-refractivity contribution in [2.45, 2.75) is 52.7 Å². The lowest BCUT2D eigenvalue weighted by molar-refractivity contribution is 0.0472. The summed E-state index contributed by atoms with van der Waals surface area (Å²) in [5.74, 6) is -0.918. The number of hydrogen-bond acceptors (Lipinski definition) is 3. The highest BCUT2D eigenvalue weighted by Gasteiger charge is 2.39. The molecule has 2 N–H and O–H groups in total. The second-order valence-electron chi connectivity index (χ2n) is 11.6. The molecule has 1 heterocycles. The molecular formula is C33H37F3N4O. The highest BCUT2D eigenvalue weighted by molar-refractivity contribution is 5.94. The summed E-state index contributed by atoms with van der Waals surface area (Å²) in [6, 6.07) is 18.9. The number of nitrogens with two attached hydrogens (primary N) is 1. The minimum Gasteiger partial charge on any atom is -0.328 e. The van der Waals surface area contributed by atoms with Crippen LogP contribution in [0.5, 0.6) is 0 Å². The average Bonchev–Trinajstić information content (AvgIpc) is 3.34. The van der Waals surface area contributed by atoms with E-state index in [4.69, 9.17) is 10.7 Å². The van der Waals surface area contributed by atoms with Crippen LogP contribution in [0.1, 0.15) is 60.5 Å². The topological polar surface area (TPSA) is 64.2 Å². The molecule has 4 rings (SSSR count). The zero-order chi connectivity index (χ0) is 29.7. The van der Waals surface area contributed by atoms with Gasteiger partial charge in [0.05, 0.1) is 11.7 Å². The number of alkyl halides is 1. The van der Waals surface area contributed by atoms with Crippen molar-refractivity contribution >= 4 is 5.91 Å². The molecule has 0 fully saturated rings. The number of benzene rings is 3. The zero-order valence-electron chi connectivity index (χ0n) is 23.9. The standard InChI is InChI=1S/C33H37F3N4O/c1-22-10-12-24(13-11-22)32(41)40(17-16-26(37)19-34)30(33(2,3)4)31-38-29(27-18-25(35)14-15-28(27)36)21-39(31)20-23-8-6-5-7-9-23/h5-15,18,21,26,30H,16-17,19-20,37H2,1-4H3/t26-,30-/m0/s1. The van der Waals surface area contributed by atoms with Gasteiger partial charge >= 0.3 is 0 Å². The summed E-state index contributed by atoms with van der Waals surface area (Å²) in [5, 5.41) is 0. The van der Waals surface area contributed by atoms with Gasteiger partial charge in [-0.2, -0.15) is 0 Å². The van der Waals surface area contributed by atoms with Crippen LogP contribution in [0.4, 0.5) is 13.2 Å². The number of hydrogen-bond donors (Lipinski definition) is 1. The zero-order valence-corrected chi connectivity index (χ0v) is 23.9.